The summed E-state index contributed by atoms with van der Waals surface area (Å²) < 4.78 is 4.87. The molecule has 0 fully saturated rings. The Morgan fingerprint density at radius 3 is 2.89 bits per heavy atom. The molecule has 106 valence electrons. The van der Waals surface area contributed by atoms with E-state index in [9.17, 15) is 4.79 Å². The number of hydrogen-bond donors (Lipinski definition) is 1. The van der Waals surface area contributed by atoms with E-state index in [4.69, 9.17) is 10.5 Å². The highest BCUT2D eigenvalue weighted by Gasteiger charge is 2.14. The fraction of sp³-hybridized carbons (Fsp3) is 0.571. The highest BCUT2D eigenvalue weighted by molar-refractivity contribution is 5.75. The number of hydrogen-bond acceptors (Lipinski definition) is 5. The van der Waals surface area contributed by atoms with E-state index in [-0.39, 0.29) is 5.97 Å². The Labute approximate surface area is 114 Å². The van der Waals surface area contributed by atoms with Crippen LogP contribution in [0, 0.1) is 0 Å². The van der Waals surface area contributed by atoms with E-state index in [1.807, 2.05) is 25.2 Å². The summed E-state index contributed by atoms with van der Waals surface area (Å²) in [5.41, 5.74) is 6.82. The Kier molecular flexibility index (Phi) is 7.07. The first-order valence-corrected chi connectivity index (χ1v) is 6.64. The predicted molar refractivity (Wildman–Crippen MR) is 74.7 cm³/mol. The Morgan fingerprint density at radius 2 is 2.26 bits per heavy atom. The molecule has 0 radical (unpaired) electrons. The summed E-state index contributed by atoms with van der Waals surface area (Å²) in [6.45, 7) is 3.82. The minimum atomic E-state index is -0.530. The summed E-state index contributed by atoms with van der Waals surface area (Å²) in [7, 11) is 2.01. The Bertz CT molecular complexity index is 370. The Hall–Kier alpha value is -1.46. The smallest absolute Gasteiger partial charge is 0.322 e. The maximum atomic E-state index is 11.4. The van der Waals surface area contributed by atoms with Gasteiger partial charge >= 0.3 is 5.97 Å². The van der Waals surface area contributed by atoms with Gasteiger partial charge in [-0.2, -0.15) is 0 Å². The molecule has 0 aromatic carbocycles. The molecule has 5 heteroatoms. The number of esters is 1. The van der Waals surface area contributed by atoms with Gasteiger partial charge in [0.15, 0.2) is 0 Å². The maximum Gasteiger partial charge on any atom is 0.322 e. The fourth-order valence-electron chi connectivity index (χ4n) is 1.69. The zero-order valence-corrected chi connectivity index (χ0v) is 11.7. The van der Waals surface area contributed by atoms with E-state index in [2.05, 4.69) is 9.88 Å². The number of nitrogens with zero attached hydrogens (tertiary/aromatic N) is 2. The second-order valence-electron chi connectivity index (χ2n) is 4.52. The molecule has 0 aliphatic carbocycles. The lowest BCUT2D eigenvalue weighted by Crippen LogP contribution is -2.36. The van der Waals surface area contributed by atoms with Crippen LogP contribution in [0.1, 0.15) is 19.0 Å². The third-order valence-electron chi connectivity index (χ3n) is 2.89. The molecule has 2 N–H and O–H groups in total. The first kappa shape index (κ1) is 15.6. The van der Waals surface area contributed by atoms with Gasteiger partial charge in [-0.1, -0.05) is 6.07 Å². The summed E-state index contributed by atoms with van der Waals surface area (Å²) in [4.78, 5) is 17.8. The van der Waals surface area contributed by atoms with E-state index < -0.39 is 6.04 Å². The zero-order valence-electron chi connectivity index (χ0n) is 11.7. The van der Waals surface area contributed by atoms with E-state index in [0.717, 1.165) is 25.2 Å². The van der Waals surface area contributed by atoms with Crippen molar-refractivity contribution in [3.05, 3.63) is 30.1 Å². The Balaban J connectivity index is 2.21. The molecule has 1 rings (SSSR count). The fourth-order valence-corrected chi connectivity index (χ4v) is 1.69. The number of nitrogens with two attached hydrogens (primary N) is 1. The highest BCUT2D eigenvalue weighted by Crippen LogP contribution is 1.99. The van der Waals surface area contributed by atoms with Gasteiger partial charge in [0.1, 0.15) is 6.04 Å². The third-order valence-corrected chi connectivity index (χ3v) is 2.89. The lowest BCUT2D eigenvalue weighted by Gasteiger charge is -2.18. The lowest BCUT2D eigenvalue weighted by atomic mass is 10.2. The number of likely N-dealkylation sites (N-methyl/N-ethyl adjacent to an activating group) is 1. The average molecular weight is 265 g/mol. The normalized spacial score (nSPS) is 12.4. The molecule has 1 unspecified atom stereocenters. The third kappa shape index (κ3) is 6.31. The molecular weight excluding hydrogens is 242 g/mol. The van der Waals surface area contributed by atoms with Crippen molar-refractivity contribution >= 4 is 5.97 Å². The van der Waals surface area contributed by atoms with Crippen molar-refractivity contribution in [2.24, 2.45) is 5.73 Å². The number of rotatable bonds is 8. The molecule has 0 spiro atoms. The van der Waals surface area contributed by atoms with Crippen LogP contribution in [0.3, 0.4) is 0 Å². The van der Waals surface area contributed by atoms with Gasteiger partial charge in [0, 0.05) is 24.9 Å². The molecule has 0 saturated carbocycles. The van der Waals surface area contributed by atoms with Crippen LogP contribution in [0.4, 0.5) is 0 Å². The van der Waals surface area contributed by atoms with Crippen LogP contribution >= 0.6 is 0 Å². The van der Waals surface area contributed by atoms with Gasteiger partial charge in [0.2, 0.25) is 0 Å². The van der Waals surface area contributed by atoms with Crippen LogP contribution in [-0.2, 0) is 16.0 Å². The van der Waals surface area contributed by atoms with Gasteiger partial charge in [0.05, 0.1) is 6.61 Å². The molecule has 0 aliphatic heterocycles. The van der Waals surface area contributed by atoms with Crippen molar-refractivity contribution in [2.75, 3.05) is 26.7 Å². The first-order valence-electron chi connectivity index (χ1n) is 6.64. The van der Waals surface area contributed by atoms with Crippen LogP contribution in [0.2, 0.25) is 0 Å². The molecule has 1 aromatic rings. The lowest BCUT2D eigenvalue weighted by molar-refractivity contribution is -0.144. The van der Waals surface area contributed by atoms with Crippen molar-refractivity contribution in [3.8, 4) is 0 Å². The number of pyridine rings is 1. The molecule has 1 heterocycles. The van der Waals surface area contributed by atoms with Gasteiger partial charge in [0.25, 0.3) is 0 Å². The number of carbonyl (C=O) groups excluding carboxylic acids is 1. The average Bonchev–Trinajstić information content (AvgIpc) is 2.43. The molecule has 1 aromatic heterocycles. The monoisotopic (exact) mass is 265 g/mol. The molecule has 0 saturated heterocycles. The predicted octanol–water partition coefficient (Wildman–Crippen LogP) is 0.836. The standard InChI is InChI=1S/C14H23N3O2/c1-3-19-14(18)13(15)8-11-17(2)10-7-12-6-4-5-9-16-12/h4-6,9,13H,3,7-8,10-11,15H2,1-2H3. The SMILES string of the molecule is CCOC(=O)C(N)CCN(C)CCc1ccccn1. The molecule has 0 amide bonds. The zero-order chi connectivity index (χ0) is 14.1. The van der Waals surface area contributed by atoms with Gasteiger partial charge in [-0.3, -0.25) is 9.78 Å². The molecule has 0 aliphatic rings. The van der Waals surface area contributed by atoms with E-state index in [1.54, 1.807) is 13.1 Å². The van der Waals surface area contributed by atoms with Crippen LogP contribution in [-0.4, -0.2) is 48.6 Å². The largest absolute Gasteiger partial charge is 0.465 e. The van der Waals surface area contributed by atoms with Crippen LogP contribution in [0.15, 0.2) is 24.4 Å². The van der Waals surface area contributed by atoms with Crippen LogP contribution < -0.4 is 5.73 Å². The maximum absolute atomic E-state index is 11.4. The van der Waals surface area contributed by atoms with Crippen molar-refractivity contribution in [3.63, 3.8) is 0 Å². The highest BCUT2D eigenvalue weighted by atomic mass is 16.5. The quantitative estimate of drug-likeness (QED) is 0.705. The Morgan fingerprint density at radius 1 is 1.47 bits per heavy atom. The van der Waals surface area contributed by atoms with Crippen molar-refractivity contribution in [1.82, 2.24) is 9.88 Å². The first-order chi connectivity index (χ1) is 9.13. The second-order valence-corrected chi connectivity index (χ2v) is 4.52. The van der Waals surface area contributed by atoms with Crippen LogP contribution in [0.5, 0.6) is 0 Å². The van der Waals surface area contributed by atoms with Gasteiger partial charge < -0.3 is 15.4 Å². The summed E-state index contributed by atoms with van der Waals surface area (Å²) in [6, 6.07) is 5.38. The second kappa shape index (κ2) is 8.61. The van der Waals surface area contributed by atoms with E-state index in [0.29, 0.717) is 13.0 Å². The minimum Gasteiger partial charge on any atom is -0.465 e. The number of carbonyl (C=O) groups is 1. The van der Waals surface area contributed by atoms with Crippen molar-refractivity contribution in [1.29, 1.82) is 0 Å². The molecular formula is C14H23N3O2. The van der Waals surface area contributed by atoms with E-state index in [1.165, 1.54) is 0 Å². The molecule has 5 nitrogen and oxygen atoms in total. The molecule has 1 atom stereocenters. The van der Waals surface area contributed by atoms with Gasteiger partial charge in [-0.15, -0.1) is 0 Å². The topological polar surface area (TPSA) is 68.5 Å². The number of aromatic nitrogens is 1. The van der Waals surface area contributed by atoms with Crippen LogP contribution in [0.25, 0.3) is 0 Å². The van der Waals surface area contributed by atoms with Crippen molar-refractivity contribution in [2.45, 2.75) is 25.8 Å². The summed E-state index contributed by atoms with van der Waals surface area (Å²) in [5.74, 6) is -0.319. The van der Waals surface area contributed by atoms with Gasteiger partial charge in [-0.25, -0.2) is 0 Å². The van der Waals surface area contributed by atoms with Gasteiger partial charge in [-0.05, 0) is 39.1 Å². The summed E-state index contributed by atoms with van der Waals surface area (Å²) in [6.07, 6.45) is 3.30. The summed E-state index contributed by atoms with van der Waals surface area (Å²) >= 11 is 0. The molecule has 19 heavy (non-hydrogen) atoms. The van der Waals surface area contributed by atoms with Crippen molar-refractivity contribution < 1.29 is 9.53 Å². The summed E-state index contributed by atoms with van der Waals surface area (Å²) in [5, 5.41) is 0. The molecule has 0 bridgehead atoms. The number of ether oxygens (including phenoxy) is 1. The van der Waals surface area contributed by atoms with E-state index >= 15 is 0 Å². The minimum absolute atomic E-state index is 0.319.